The van der Waals surface area contributed by atoms with Gasteiger partial charge in [-0.05, 0) is 109 Å². The summed E-state index contributed by atoms with van der Waals surface area (Å²) in [4.78, 5) is 0. The summed E-state index contributed by atoms with van der Waals surface area (Å²) >= 11 is 0. The molecule has 1 aliphatic heterocycles. The van der Waals surface area contributed by atoms with Gasteiger partial charge in [0.15, 0.2) is 5.60 Å². The molecule has 1 heterocycles. The third-order valence-electron chi connectivity index (χ3n) is 12.1. The van der Waals surface area contributed by atoms with Crippen LogP contribution in [-0.2, 0) is 16.4 Å². The van der Waals surface area contributed by atoms with Crippen molar-refractivity contribution >= 4 is 27.6 Å². The fraction of sp³-hybridized carbons (Fsp3) is 0.167. The van der Waals surface area contributed by atoms with E-state index < -0.39 is 11.0 Å². The molecule has 0 spiro atoms. The molecule has 7 aromatic rings. The zero-order valence-corrected chi connectivity index (χ0v) is 29.7. The van der Waals surface area contributed by atoms with E-state index in [0.717, 1.165) is 50.1 Å². The minimum atomic E-state index is -1.06. The van der Waals surface area contributed by atoms with Crippen LogP contribution >= 0.6 is 0 Å². The Bertz CT molecular complexity index is 2720. The summed E-state index contributed by atoms with van der Waals surface area (Å²) in [5.74, 6) is 0.739. The second kappa shape index (κ2) is 10.4. The van der Waals surface area contributed by atoms with E-state index in [2.05, 4.69) is 94.4 Å². The molecule has 4 heteroatoms. The lowest BCUT2D eigenvalue weighted by Crippen LogP contribution is -2.35. The van der Waals surface area contributed by atoms with Crippen LogP contribution < -0.4 is 9.47 Å². The lowest BCUT2D eigenvalue weighted by atomic mass is 9.76. The Morgan fingerprint density at radius 2 is 1.27 bits per heavy atom. The number of hydrogen-bond donors (Lipinski definition) is 0. The molecule has 3 aliphatic rings. The molecule has 2 aliphatic carbocycles. The number of ether oxygens (including phenoxy) is 2. The van der Waals surface area contributed by atoms with E-state index in [0.29, 0.717) is 11.1 Å². The van der Waals surface area contributed by atoms with Crippen LogP contribution in [0.25, 0.3) is 49.9 Å². The normalized spacial score (nSPS) is 18.4. The second-order valence-corrected chi connectivity index (χ2v) is 15.5. The molecule has 0 N–H and O–H groups in total. The van der Waals surface area contributed by atoms with Gasteiger partial charge in [0.25, 0.3) is 0 Å². The molecule has 1 unspecified atom stereocenters. The van der Waals surface area contributed by atoms with Crippen molar-refractivity contribution in [3.8, 4) is 33.8 Å². The third-order valence-corrected chi connectivity index (χ3v) is 12.1. The highest BCUT2D eigenvalue weighted by Gasteiger charge is 2.46. The van der Waals surface area contributed by atoms with Crippen molar-refractivity contribution in [2.45, 2.75) is 44.1 Å². The molecule has 0 amide bonds. The number of halogens is 2. The highest BCUT2D eigenvalue weighted by molar-refractivity contribution is 6.08. The molecule has 0 fully saturated rings. The lowest BCUT2D eigenvalue weighted by molar-refractivity contribution is 0.163. The van der Waals surface area contributed by atoms with Crippen LogP contribution in [0.5, 0.6) is 11.5 Å². The van der Waals surface area contributed by atoms with Gasteiger partial charge in [0.1, 0.15) is 23.1 Å². The zero-order valence-electron chi connectivity index (χ0n) is 29.7. The largest absolute Gasteiger partial charge is 0.497 e. The van der Waals surface area contributed by atoms with Gasteiger partial charge in [-0.2, -0.15) is 0 Å². The van der Waals surface area contributed by atoms with Crippen molar-refractivity contribution < 1.29 is 18.3 Å². The van der Waals surface area contributed by atoms with Crippen LogP contribution in [0.4, 0.5) is 8.78 Å². The molecule has 2 nitrogen and oxygen atoms in total. The number of methoxy groups -OCH3 is 1. The zero-order chi connectivity index (χ0) is 35.7. The SMILES string of the molecule is COc1ccc(C2(c3ccc4c(c3)C(C)(C)c3ccc5ccccc5c3-4)C=Cc3c4c(c5ccc(F)cc5c3O2)-c2ccc(F)cc2C4(C)C)cc1. The fourth-order valence-electron chi connectivity index (χ4n) is 9.48. The van der Waals surface area contributed by atoms with Crippen molar-refractivity contribution in [2.75, 3.05) is 7.11 Å². The molecule has 1 atom stereocenters. The quantitative estimate of drug-likeness (QED) is 0.185. The van der Waals surface area contributed by atoms with Crippen LogP contribution in [0.15, 0.2) is 121 Å². The van der Waals surface area contributed by atoms with Gasteiger partial charge in [-0.25, -0.2) is 8.78 Å². The van der Waals surface area contributed by atoms with E-state index in [9.17, 15) is 4.39 Å². The molecule has 0 bridgehead atoms. The Balaban J connectivity index is 1.24. The van der Waals surface area contributed by atoms with E-state index in [-0.39, 0.29) is 17.0 Å². The molecule has 0 saturated carbocycles. The molecule has 0 radical (unpaired) electrons. The van der Waals surface area contributed by atoms with Crippen molar-refractivity contribution in [2.24, 2.45) is 0 Å². The predicted octanol–water partition coefficient (Wildman–Crippen LogP) is 12.2. The summed E-state index contributed by atoms with van der Waals surface area (Å²) in [6.07, 6.45) is 4.30. The summed E-state index contributed by atoms with van der Waals surface area (Å²) < 4.78 is 43.1. The Morgan fingerprint density at radius 1 is 0.577 bits per heavy atom. The van der Waals surface area contributed by atoms with Crippen LogP contribution in [0, 0.1) is 11.6 Å². The maximum Gasteiger partial charge on any atom is 0.178 e. The minimum absolute atomic E-state index is 0.260. The average molecular weight is 683 g/mol. The molecular weight excluding hydrogens is 647 g/mol. The van der Waals surface area contributed by atoms with Gasteiger partial charge >= 0.3 is 0 Å². The van der Waals surface area contributed by atoms with Crippen LogP contribution in [0.2, 0.25) is 0 Å². The number of fused-ring (bicyclic) bond motifs is 13. The molecule has 10 rings (SSSR count). The van der Waals surface area contributed by atoms with Gasteiger partial charge in [0, 0.05) is 32.9 Å². The van der Waals surface area contributed by atoms with Crippen molar-refractivity contribution in [1.82, 2.24) is 0 Å². The molecular formula is C48H36F2O2. The Morgan fingerprint density at radius 3 is 2.08 bits per heavy atom. The monoisotopic (exact) mass is 682 g/mol. The first-order valence-electron chi connectivity index (χ1n) is 17.8. The van der Waals surface area contributed by atoms with Crippen molar-refractivity contribution in [1.29, 1.82) is 0 Å². The highest BCUT2D eigenvalue weighted by Crippen LogP contribution is 2.59. The Kier molecular flexibility index (Phi) is 6.22. The third kappa shape index (κ3) is 3.98. The van der Waals surface area contributed by atoms with Gasteiger partial charge in [0.2, 0.25) is 0 Å². The highest BCUT2D eigenvalue weighted by atomic mass is 19.1. The first-order chi connectivity index (χ1) is 25.0. The van der Waals surface area contributed by atoms with Gasteiger partial charge in [-0.15, -0.1) is 0 Å². The summed E-state index contributed by atoms with van der Waals surface area (Å²) in [7, 11) is 1.66. The average Bonchev–Trinajstić information content (AvgIpc) is 3.53. The molecule has 7 aromatic carbocycles. The smallest absolute Gasteiger partial charge is 0.178 e. The van der Waals surface area contributed by atoms with Gasteiger partial charge in [0.05, 0.1) is 7.11 Å². The molecule has 0 aromatic heterocycles. The van der Waals surface area contributed by atoms with E-state index in [1.165, 1.54) is 45.2 Å². The van der Waals surface area contributed by atoms with Crippen molar-refractivity contribution in [3.63, 3.8) is 0 Å². The van der Waals surface area contributed by atoms with Crippen LogP contribution in [0.1, 0.15) is 66.6 Å². The van der Waals surface area contributed by atoms with E-state index in [1.807, 2.05) is 36.4 Å². The molecule has 52 heavy (non-hydrogen) atoms. The summed E-state index contributed by atoms with van der Waals surface area (Å²) in [5, 5.41) is 4.03. The van der Waals surface area contributed by atoms with Gasteiger partial charge < -0.3 is 9.47 Å². The number of benzene rings is 7. The number of hydrogen-bond acceptors (Lipinski definition) is 2. The first kappa shape index (κ1) is 31.0. The minimum Gasteiger partial charge on any atom is -0.497 e. The fourth-order valence-corrected chi connectivity index (χ4v) is 9.48. The maximum atomic E-state index is 15.3. The second-order valence-electron chi connectivity index (χ2n) is 15.5. The van der Waals surface area contributed by atoms with Crippen LogP contribution in [-0.4, -0.2) is 7.11 Å². The topological polar surface area (TPSA) is 18.5 Å². The predicted molar refractivity (Wildman–Crippen MR) is 206 cm³/mol. The summed E-state index contributed by atoms with van der Waals surface area (Å²) in [6, 6.07) is 37.8. The van der Waals surface area contributed by atoms with E-state index in [4.69, 9.17) is 9.47 Å². The lowest BCUT2D eigenvalue weighted by Gasteiger charge is -2.39. The van der Waals surface area contributed by atoms with E-state index >= 15 is 4.39 Å². The first-order valence-corrected chi connectivity index (χ1v) is 17.8. The summed E-state index contributed by atoms with van der Waals surface area (Å²) in [6.45, 7) is 8.86. The maximum absolute atomic E-state index is 15.3. The Labute approximate surface area is 302 Å². The van der Waals surface area contributed by atoms with Crippen LogP contribution in [0.3, 0.4) is 0 Å². The summed E-state index contributed by atoms with van der Waals surface area (Å²) in [5.41, 5.74) is 9.91. The van der Waals surface area contributed by atoms with Gasteiger partial charge in [-0.3, -0.25) is 0 Å². The van der Waals surface area contributed by atoms with Crippen molar-refractivity contribution in [3.05, 3.63) is 172 Å². The molecule has 0 saturated heterocycles. The Hall–Kier alpha value is -5.74. The number of rotatable bonds is 3. The van der Waals surface area contributed by atoms with E-state index in [1.54, 1.807) is 19.2 Å². The van der Waals surface area contributed by atoms with Gasteiger partial charge in [-0.1, -0.05) is 107 Å². The molecule has 254 valence electrons. The standard InChI is InChI=1S/C48H36F2O2/c1-46(2)39-21-10-27-8-6-7-9-33(27)42(39)35-18-13-29(24-40(35)46)48(28-11-16-32(51-5)17-12-28)23-22-37-44-43(34-19-14-30(49)25-38(34)45(37)52-48)36-20-15-31(50)26-41(36)47(44,3)4/h6-26H,1-5H3.